The molecule has 1 heterocycles. The highest BCUT2D eigenvalue weighted by atomic mass is 16.7. The van der Waals surface area contributed by atoms with Crippen LogP contribution in [0.25, 0.3) is 0 Å². The fourth-order valence-electron chi connectivity index (χ4n) is 8.07. The molecular weight excluding hydrogens is 652 g/mol. The Morgan fingerprint density at radius 2 is 1.82 bits per heavy atom. The minimum atomic E-state index is -1.35. The number of oxime groups is 1. The molecular formula is C40H52N2O9. The number of aldehydes is 1. The van der Waals surface area contributed by atoms with E-state index in [2.05, 4.69) is 17.8 Å². The Bertz CT molecular complexity index is 1570. The smallest absolute Gasteiger partial charge is 0.409 e. The largest absolute Gasteiger partial charge is 0.459 e. The van der Waals surface area contributed by atoms with Gasteiger partial charge < -0.3 is 38.9 Å². The number of nitrogens with zero attached hydrogens (tertiary/aromatic N) is 2. The highest BCUT2D eigenvalue weighted by Gasteiger charge is 2.65. The van der Waals surface area contributed by atoms with E-state index in [1.807, 2.05) is 25.1 Å². The quantitative estimate of drug-likeness (QED) is 0.0725. The van der Waals surface area contributed by atoms with Gasteiger partial charge in [-0.05, 0) is 87.3 Å². The van der Waals surface area contributed by atoms with Crippen LogP contribution in [0.3, 0.4) is 0 Å². The van der Waals surface area contributed by atoms with Gasteiger partial charge in [0, 0.05) is 43.7 Å². The standard InChI is InChI=1S/C40H52N2O9/c1-5-21-48-40-36(42(4)39(46)47-6-2)25-34(41-49-7-3)32-23-28(14-8-10-19-43)31(16-9-11-20-44)37(38(32)40)33-24-30(17-18-35(33)51-40)50-29-15-12-13-27(22-29)26-45/h5,12-13,15,17-18,22-24,26,28,31,36-38,43-44H,1,6-11,14,16,19-21,25H2,2-4H3/t28-,31+,36-,37+,38+,40+/m0/s1. The first kappa shape index (κ1) is 38.1. The highest BCUT2D eigenvalue weighted by molar-refractivity contribution is 6.02. The Labute approximate surface area is 300 Å². The number of fused-ring (bicyclic) bond motifs is 2. The average molecular weight is 705 g/mol. The Hall–Kier alpha value is -4.19. The van der Waals surface area contributed by atoms with Crippen molar-refractivity contribution in [2.45, 2.75) is 76.5 Å². The lowest BCUT2D eigenvalue weighted by atomic mass is 9.55. The molecule has 276 valence electrons. The topological polar surface area (TPSA) is 136 Å². The number of carbonyl (C=O) groups is 2. The predicted molar refractivity (Wildman–Crippen MR) is 193 cm³/mol. The summed E-state index contributed by atoms with van der Waals surface area (Å²) in [5.41, 5.74) is 3.12. The molecule has 3 aliphatic rings. The van der Waals surface area contributed by atoms with Gasteiger partial charge in [0.1, 0.15) is 36.2 Å². The fourth-order valence-corrected chi connectivity index (χ4v) is 8.07. The number of hydrogen-bond acceptors (Lipinski definition) is 10. The number of likely N-dealkylation sites (N-methyl/N-ethyl adjacent to an activating group) is 1. The average Bonchev–Trinajstić information content (AvgIpc) is 3.14. The van der Waals surface area contributed by atoms with Gasteiger partial charge in [-0.15, -0.1) is 6.58 Å². The van der Waals surface area contributed by atoms with E-state index in [0.717, 1.165) is 48.8 Å². The van der Waals surface area contributed by atoms with Crippen molar-refractivity contribution in [3.63, 3.8) is 0 Å². The number of unbranched alkanes of at least 4 members (excludes halogenated alkanes) is 2. The van der Waals surface area contributed by atoms with Crippen LogP contribution in [0.4, 0.5) is 4.79 Å². The number of ether oxygens (including phenoxy) is 4. The van der Waals surface area contributed by atoms with Gasteiger partial charge in [-0.1, -0.05) is 42.3 Å². The number of hydrogen-bond donors (Lipinski definition) is 2. The SMILES string of the molecule is C=CCO[C@@]12Oc3ccc(Oc4cccc(C=O)c4)cc3[C@H]3[C@H](CCCCO)[C@@H](CCCCO)C=C(C(=NOCC)C[C@@H]1N(C)C(=O)OCC)[C@H]32. The molecule has 2 aromatic carbocycles. The summed E-state index contributed by atoms with van der Waals surface area (Å²) >= 11 is 0. The maximum Gasteiger partial charge on any atom is 0.409 e. The van der Waals surface area contributed by atoms with E-state index in [9.17, 15) is 19.8 Å². The summed E-state index contributed by atoms with van der Waals surface area (Å²) in [7, 11) is 1.70. The van der Waals surface area contributed by atoms with Crippen molar-refractivity contribution in [2.24, 2.45) is 22.9 Å². The molecule has 2 aromatic rings. The molecule has 1 saturated carbocycles. The second-order valence-corrected chi connectivity index (χ2v) is 13.3. The summed E-state index contributed by atoms with van der Waals surface area (Å²) in [6.45, 7) is 8.55. The molecule has 0 unspecified atom stereocenters. The van der Waals surface area contributed by atoms with Crippen LogP contribution in [-0.2, 0) is 14.3 Å². The first-order valence-corrected chi connectivity index (χ1v) is 18.2. The second-order valence-electron chi connectivity index (χ2n) is 13.3. The molecule has 2 N–H and O–H groups in total. The molecule has 11 heteroatoms. The Morgan fingerprint density at radius 3 is 2.53 bits per heavy atom. The molecule has 0 aromatic heterocycles. The fraction of sp³-hybridized carbons (Fsp3) is 0.525. The number of allylic oxidation sites excluding steroid dienone is 1. The van der Waals surface area contributed by atoms with Gasteiger partial charge in [0.25, 0.3) is 0 Å². The number of aliphatic hydroxyl groups excluding tert-OH is 2. The summed E-state index contributed by atoms with van der Waals surface area (Å²) in [6.07, 6.45) is 9.21. The van der Waals surface area contributed by atoms with Crippen LogP contribution in [0.15, 0.2) is 71.9 Å². The van der Waals surface area contributed by atoms with Gasteiger partial charge in [0.2, 0.25) is 5.79 Å². The number of amides is 1. The maximum atomic E-state index is 13.5. The first-order valence-electron chi connectivity index (χ1n) is 18.2. The third kappa shape index (κ3) is 8.16. The molecule has 0 radical (unpaired) electrons. The van der Waals surface area contributed by atoms with Crippen molar-refractivity contribution in [2.75, 3.05) is 40.1 Å². The Morgan fingerprint density at radius 1 is 1.06 bits per heavy atom. The van der Waals surface area contributed by atoms with E-state index in [1.165, 1.54) is 0 Å². The van der Waals surface area contributed by atoms with Gasteiger partial charge in [-0.3, -0.25) is 4.79 Å². The van der Waals surface area contributed by atoms with Gasteiger partial charge >= 0.3 is 6.09 Å². The van der Waals surface area contributed by atoms with Crippen molar-refractivity contribution < 1.29 is 43.6 Å². The van der Waals surface area contributed by atoms with Crippen LogP contribution < -0.4 is 9.47 Å². The van der Waals surface area contributed by atoms with Crippen molar-refractivity contribution in [1.82, 2.24) is 4.90 Å². The molecule has 0 spiro atoms. The molecule has 2 aliphatic carbocycles. The van der Waals surface area contributed by atoms with Crippen LogP contribution in [0, 0.1) is 17.8 Å². The van der Waals surface area contributed by atoms with Gasteiger partial charge in [0.15, 0.2) is 0 Å². The normalized spacial score (nSPS) is 25.5. The molecule has 51 heavy (non-hydrogen) atoms. The lowest BCUT2D eigenvalue weighted by Gasteiger charge is -2.59. The molecule has 1 aliphatic heterocycles. The highest BCUT2D eigenvalue weighted by Crippen LogP contribution is 2.62. The summed E-state index contributed by atoms with van der Waals surface area (Å²) in [6, 6.07) is 12.1. The van der Waals surface area contributed by atoms with E-state index in [0.29, 0.717) is 48.7 Å². The van der Waals surface area contributed by atoms with Crippen LogP contribution in [0.5, 0.6) is 17.2 Å². The van der Waals surface area contributed by atoms with Gasteiger partial charge in [-0.25, -0.2) is 4.79 Å². The summed E-state index contributed by atoms with van der Waals surface area (Å²) in [5, 5.41) is 24.2. The summed E-state index contributed by atoms with van der Waals surface area (Å²) in [4.78, 5) is 32.2. The van der Waals surface area contributed by atoms with Crippen molar-refractivity contribution in [3.8, 4) is 17.2 Å². The predicted octanol–water partition coefficient (Wildman–Crippen LogP) is 7.03. The molecule has 6 atom stereocenters. The lowest BCUT2D eigenvalue weighted by Crippen LogP contribution is -2.69. The van der Waals surface area contributed by atoms with Crippen LogP contribution in [0.2, 0.25) is 0 Å². The van der Waals surface area contributed by atoms with E-state index in [-0.39, 0.29) is 44.2 Å². The van der Waals surface area contributed by atoms with Crippen molar-refractivity contribution in [3.05, 3.63) is 77.9 Å². The molecule has 1 fully saturated rings. The molecule has 11 nitrogen and oxygen atoms in total. The second kappa shape index (κ2) is 17.8. The van der Waals surface area contributed by atoms with E-state index < -0.39 is 23.8 Å². The lowest BCUT2D eigenvalue weighted by molar-refractivity contribution is -0.253. The Kier molecular flexibility index (Phi) is 13.3. The first-order chi connectivity index (χ1) is 24.8. The van der Waals surface area contributed by atoms with E-state index in [1.54, 1.807) is 49.2 Å². The molecule has 0 saturated heterocycles. The summed E-state index contributed by atoms with van der Waals surface area (Å²) < 4.78 is 25.8. The number of benzene rings is 2. The van der Waals surface area contributed by atoms with Crippen LogP contribution in [0.1, 0.15) is 80.6 Å². The van der Waals surface area contributed by atoms with E-state index >= 15 is 0 Å². The summed E-state index contributed by atoms with van der Waals surface area (Å²) in [5.74, 6) is -0.0540. The number of rotatable bonds is 18. The van der Waals surface area contributed by atoms with Crippen LogP contribution in [-0.4, -0.2) is 85.1 Å². The molecule has 5 rings (SSSR count). The van der Waals surface area contributed by atoms with Crippen LogP contribution >= 0.6 is 0 Å². The maximum absolute atomic E-state index is 13.5. The van der Waals surface area contributed by atoms with Crippen molar-refractivity contribution >= 4 is 18.1 Å². The van der Waals surface area contributed by atoms with Gasteiger partial charge in [0.05, 0.1) is 24.8 Å². The number of carbonyl (C=O) groups excluding carboxylic acids is 2. The Balaban J connectivity index is 1.75. The monoisotopic (exact) mass is 704 g/mol. The zero-order valence-corrected chi connectivity index (χ0v) is 30.0. The van der Waals surface area contributed by atoms with Crippen molar-refractivity contribution in [1.29, 1.82) is 0 Å². The third-order valence-corrected chi connectivity index (χ3v) is 10.2. The number of aliphatic hydroxyl groups is 2. The molecule has 0 bridgehead atoms. The zero-order chi connectivity index (χ0) is 36.4. The third-order valence-electron chi connectivity index (χ3n) is 10.2. The zero-order valence-electron chi connectivity index (χ0n) is 30.0. The van der Waals surface area contributed by atoms with E-state index in [4.69, 9.17) is 23.8 Å². The molecule has 1 amide bonds. The van der Waals surface area contributed by atoms with Gasteiger partial charge in [-0.2, -0.15) is 0 Å². The minimum Gasteiger partial charge on any atom is -0.459 e. The minimum absolute atomic E-state index is 0.0759.